The number of anilines is 1. The normalized spacial score (nSPS) is 18.1. The van der Waals surface area contributed by atoms with Crippen LogP contribution in [0.1, 0.15) is 32.3 Å². The SMILES string of the molecule is CC(N)CCC(=O)NCc1ccc(N2CCOC(C)C2)nc1.Cl.Cl. The number of rotatable bonds is 6. The molecule has 2 unspecified atom stereocenters. The van der Waals surface area contributed by atoms with E-state index in [-0.39, 0.29) is 42.9 Å². The van der Waals surface area contributed by atoms with Crippen LogP contribution in [0.15, 0.2) is 18.3 Å². The largest absolute Gasteiger partial charge is 0.375 e. The molecule has 1 aromatic heterocycles. The number of amides is 1. The minimum atomic E-state index is 0. The molecule has 0 spiro atoms. The van der Waals surface area contributed by atoms with Gasteiger partial charge in [0.25, 0.3) is 0 Å². The zero-order valence-electron chi connectivity index (χ0n) is 14.2. The summed E-state index contributed by atoms with van der Waals surface area (Å²) in [6, 6.07) is 4.07. The van der Waals surface area contributed by atoms with Crippen molar-refractivity contribution in [2.75, 3.05) is 24.6 Å². The summed E-state index contributed by atoms with van der Waals surface area (Å²) in [5.74, 6) is 0.991. The first-order valence-corrected chi connectivity index (χ1v) is 7.88. The molecule has 1 aromatic rings. The number of carbonyl (C=O) groups excluding carboxylic acids is 1. The molecule has 0 aliphatic carbocycles. The number of nitrogens with zero attached hydrogens (tertiary/aromatic N) is 2. The average molecular weight is 379 g/mol. The number of hydrogen-bond acceptors (Lipinski definition) is 5. The summed E-state index contributed by atoms with van der Waals surface area (Å²) in [6.07, 6.45) is 3.23. The fourth-order valence-electron chi connectivity index (χ4n) is 2.38. The summed E-state index contributed by atoms with van der Waals surface area (Å²) < 4.78 is 5.53. The predicted octanol–water partition coefficient (Wildman–Crippen LogP) is 1.89. The van der Waals surface area contributed by atoms with Crippen molar-refractivity contribution in [3.63, 3.8) is 0 Å². The van der Waals surface area contributed by atoms with E-state index in [9.17, 15) is 4.79 Å². The summed E-state index contributed by atoms with van der Waals surface area (Å²) >= 11 is 0. The van der Waals surface area contributed by atoms with Gasteiger partial charge in [-0.1, -0.05) is 6.07 Å². The number of halogens is 2. The highest BCUT2D eigenvalue weighted by molar-refractivity contribution is 5.85. The number of pyridine rings is 1. The third-order valence-corrected chi connectivity index (χ3v) is 3.69. The van der Waals surface area contributed by atoms with Gasteiger partial charge in [-0.15, -0.1) is 24.8 Å². The van der Waals surface area contributed by atoms with Gasteiger partial charge in [0.15, 0.2) is 0 Å². The highest BCUT2D eigenvalue weighted by Gasteiger charge is 2.17. The molecule has 3 N–H and O–H groups in total. The summed E-state index contributed by atoms with van der Waals surface area (Å²) in [7, 11) is 0. The molecule has 1 aliphatic rings. The van der Waals surface area contributed by atoms with Crippen LogP contribution in [0.2, 0.25) is 0 Å². The first-order valence-electron chi connectivity index (χ1n) is 7.88. The molecule has 2 rings (SSSR count). The predicted molar refractivity (Wildman–Crippen MR) is 101 cm³/mol. The molecule has 6 nitrogen and oxygen atoms in total. The fraction of sp³-hybridized carbons (Fsp3) is 0.625. The lowest BCUT2D eigenvalue weighted by Crippen LogP contribution is -2.41. The summed E-state index contributed by atoms with van der Waals surface area (Å²) in [5.41, 5.74) is 6.64. The van der Waals surface area contributed by atoms with Crippen molar-refractivity contribution in [2.24, 2.45) is 5.73 Å². The molecule has 1 saturated heterocycles. The van der Waals surface area contributed by atoms with Crippen LogP contribution in [0.3, 0.4) is 0 Å². The number of carbonyl (C=O) groups is 1. The van der Waals surface area contributed by atoms with E-state index in [1.807, 2.05) is 25.3 Å². The molecule has 2 heterocycles. The molecule has 0 radical (unpaired) electrons. The van der Waals surface area contributed by atoms with E-state index in [4.69, 9.17) is 10.5 Å². The van der Waals surface area contributed by atoms with E-state index in [1.165, 1.54) is 0 Å². The maximum Gasteiger partial charge on any atom is 0.220 e. The highest BCUT2D eigenvalue weighted by Crippen LogP contribution is 2.15. The Kier molecular flexibility index (Phi) is 11.0. The van der Waals surface area contributed by atoms with Crippen molar-refractivity contribution in [3.05, 3.63) is 23.9 Å². The molecule has 0 bridgehead atoms. The Morgan fingerprint density at radius 1 is 1.50 bits per heavy atom. The van der Waals surface area contributed by atoms with Crippen molar-refractivity contribution in [1.29, 1.82) is 0 Å². The Bertz CT molecular complexity index is 485. The van der Waals surface area contributed by atoms with Gasteiger partial charge in [0.2, 0.25) is 5.91 Å². The Morgan fingerprint density at radius 3 is 2.83 bits per heavy atom. The lowest BCUT2D eigenvalue weighted by molar-refractivity contribution is -0.121. The van der Waals surface area contributed by atoms with Crippen LogP contribution < -0.4 is 16.0 Å². The van der Waals surface area contributed by atoms with Gasteiger partial charge in [-0.3, -0.25) is 4.79 Å². The van der Waals surface area contributed by atoms with Crippen LogP contribution in [0.5, 0.6) is 0 Å². The molecule has 0 saturated carbocycles. The van der Waals surface area contributed by atoms with Crippen LogP contribution >= 0.6 is 24.8 Å². The van der Waals surface area contributed by atoms with Crippen LogP contribution in [0.25, 0.3) is 0 Å². The first-order chi connectivity index (χ1) is 10.5. The van der Waals surface area contributed by atoms with Gasteiger partial charge in [-0.25, -0.2) is 4.98 Å². The van der Waals surface area contributed by atoms with Gasteiger partial charge in [0.05, 0.1) is 12.7 Å². The third kappa shape index (κ3) is 7.66. The van der Waals surface area contributed by atoms with Crippen molar-refractivity contribution < 1.29 is 9.53 Å². The summed E-state index contributed by atoms with van der Waals surface area (Å²) in [5, 5.41) is 2.89. The number of aromatic nitrogens is 1. The molecule has 1 aliphatic heterocycles. The maximum atomic E-state index is 11.7. The molecule has 1 fully saturated rings. The second-order valence-corrected chi connectivity index (χ2v) is 5.94. The average Bonchev–Trinajstić information content (AvgIpc) is 2.51. The molecular formula is C16H28Cl2N4O2. The van der Waals surface area contributed by atoms with Crippen molar-refractivity contribution in [3.8, 4) is 0 Å². The Hall–Kier alpha value is -1.08. The van der Waals surface area contributed by atoms with Crippen molar-refractivity contribution >= 4 is 36.5 Å². The van der Waals surface area contributed by atoms with Crippen LogP contribution in [0.4, 0.5) is 5.82 Å². The number of ether oxygens (including phenoxy) is 1. The minimum Gasteiger partial charge on any atom is -0.375 e. The van der Waals surface area contributed by atoms with Crippen molar-refractivity contribution in [1.82, 2.24) is 10.3 Å². The van der Waals surface area contributed by atoms with E-state index in [1.54, 1.807) is 0 Å². The molecule has 24 heavy (non-hydrogen) atoms. The molecule has 2 atom stereocenters. The van der Waals surface area contributed by atoms with Gasteiger partial charge in [0.1, 0.15) is 5.82 Å². The van der Waals surface area contributed by atoms with Crippen LogP contribution in [-0.2, 0) is 16.1 Å². The monoisotopic (exact) mass is 378 g/mol. The number of hydrogen-bond donors (Lipinski definition) is 2. The summed E-state index contributed by atoms with van der Waals surface area (Å²) in [6.45, 7) is 6.94. The van der Waals surface area contributed by atoms with Crippen LogP contribution in [-0.4, -0.2) is 42.7 Å². The molecular weight excluding hydrogens is 351 g/mol. The van der Waals surface area contributed by atoms with Gasteiger partial charge >= 0.3 is 0 Å². The lowest BCUT2D eigenvalue weighted by Gasteiger charge is -2.32. The lowest BCUT2D eigenvalue weighted by atomic mass is 10.2. The van der Waals surface area contributed by atoms with Crippen molar-refractivity contribution in [2.45, 2.75) is 45.4 Å². The quantitative estimate of drug-likeness (QED) is 0.789. The topological polar surface area (TPSA) is 80.5 Å². The molecule has 0 aromatic carbocycles. The number of nitrogens with two attached hydrogens (primary N) is 1. The van der Waals surface area contributed by atoms with E-state index >= 15 is 0 Å². The maximum absolute atomic E-state index is 11.7. The Balaban J connectivity index is 0.00000264. The molecule has 1 amide bonds. The third-order valence-electron chi connectivity index (χ3n) is 3.69. The highest BCUT2D eigenvalue weighted by atomic mass is 35.5. The minimum absolute atomic E-state index is 0. The first kappa shape index (κ1) is 22.9. The van der Waals surface area contributed by atoms with Gasteiger partial charge in [-0.2, -0.15) is 0 Å². The van der Waals surface area contributed by atoms with E-state index < -0.39 is 0 Å². The Labute approximate surface area is 156 Å². The van der Waals surface area contributed by atoms with Gasteiger partial charge < -0.3 is 20.7 Å². The van der Waals surface area contributed by atoms with Gasteiger partial charge in [0, 0.05) is 38.3 Å². The Morgan fingerprint density at radius 2 is 2.25 bits per heavy atom. The zero-order chi connectivity index (χ0) is 15.9. The summed E-state index contributed by atoms with van der Waals surface area (Å²) in [4.78, 5) is 18.4. The van der Waals surface area contributed by atoms with E-state index in [2.05, 4.69) is 22.1 Å². The molecule has 8 heteroatoms. The smallest absolute Gasteiger partial charge is 0.220 e. The van der Waals surface area contributed by atoms with Gasteiger partial charge in [-0.05, 0) is 31.9 Å². The standard InChI is InChI=1S/C16H26N4O2.2ClH/c1-12(17)3-6-16(21)19-10-14-4-5-15(18-9-14)20-7-8-22-13(2)11-20;;/h4-5,9,12-13H,3,6-8,10-11,17H2,1-2H3,(H,19,21);2*1H. The second kappa shape index (κ2) is 11.5. The number of nitrogens with one attached hydrogen (secondary N) is 1. The molecule has 138 valence electrons. The second-order valence-electron chi connectivity index (χ2n) is 5.94. The fourth-order valence-corrected chi connectivity index (χ4v) is 2.38. The zero-order valence-corrected chi connectivity index (χ0v) is 15.9. The van der Waals surface area contributed by atoms with Crippen LogP contribution in [0, 0.1) is 0 Å². The number of morpholine rings is 1. The van der Waals surface area contributed by atoms with E-state index in [0.717, 1.165) is 31.1 Å². The van der Waals surface area contributed by atoms with E-state index in [0.29, 0.717) is 19.4 Å².